The Balaban J connectivity index is 1.91. The van der Waals surface area contributed by atoms with Gasteiger partial charge in [0.15, 0.2) is 0 Å². The van der Waals surface area contributed by atoms with Crippen LogP contribution in [0.2, 0.25) is 5.02 Å². The molecule has 31 heavy (non-hydrogen) atoms. The maximum absolute atomic E-state index is 13.1. The number of halogens is 1. The number of ether oxygens (including phenoxy) is 1. The zero-order valence-electron chi connectivity index (χ0n) is 17.1. The summed E-state index contributed by atoms with van der Waals surface area (Å²) in [5.74, 6) is -0.341. The van der Waals surface area contributed by atoms with Gasteiger partial charge < -0.3 is 10.1 Å². The number of aryl methyl sites for hydroxylation is 1. The number of methoxy groups -OCH3 is 1. The molecule has 0 bridgehead atoms. The number of benzene rings is 3. The van der Waals surface area contributed by atoms with Gasteiger partial charge >= 0.3 is 0 Å². The molecule has 0 spiro atoms. The van der Waals surface area contributed by atoms with Gasteiger partial charge in [0.1, 0.15) is 16.7 Å². The van der Waals surface area contributed by atoms with E-state index in [1.807, 2.05) is 49.4 Å². The number of sulfonamides is 1. The molecule has 0 saturated heterocycles. The third-order valence-corrected chi connectivity index (χ3v) is 6.36. The number of hydrogen-bond acceptors (Lipinski definition) is 4. The predicted molar refractivity (Wildman–Crippen MR) is 122 cm³/mol. The maximum Gasteiger partial charge on any atom is 0.245 e. The summed E-state index contributed by atoms with van der Waals surface area (Å²) in [4.78, 5) is 12.9. The predicted octanol–water partition coefficient (Wildman–Crippen LogP) is 4.19. The van der Waals surface area contributed by atoms with Gasteiger partial charge in [-0.05, 0) is 49.2 Å². The van der Waals surface area contributed by atoms with Crippen molar-refractivity contribution < 1.29 is 17.9 Å². The first-order valence-corrected chi connectivity index (χ1v) is 11.4. The minimum Gasteiger partial charge on any atom is -0.495 e. The summed E-state index contributed by atoms with van der Waals surface area (Å²) in [7, 11) is -2.74. The van der Waals surface area contributed by atoms with E-state index in [0.717, 1.165) is 11.1 Å². The van der Waals surface area contributed by atoms with Crippen molar-refractivity contribution >= 4 is 33.2 Å². The van der Waals surface area contributed by atoms with Crippen LogP contribution in [0, 0.1) is 6.92 Å². The molecule has 0 saturated carbocycles. The molecular weight excluding hydrogens is 436 g/mol. The first kappa shape index (κ1) is 22.8. The highest BCUT2D eigenvalue weighted by Crippen LogP contribution is 2.27. The van der Waals surface area contributed by atoms with Gasteiger partial charge in [-0.15, -0.1) is 0 Å². The minimum atomic E-state index is -4.11. The summed E-state index contributed by atoms with van der Waals surface area (Å²) in [6.07, 6.45) is 0.167. The Kier molecular flexibility index (Phi) is 7.33. The average Bonchev–Trinajstić information content (AvgIpc) is 2.75. The van der Waals surface area contributed by atoms with Crippen LogP contribution in [-0.4, -0.2) is 27.5 Å². The first-order valence-electron chi connectivity index (χ1n) is 9.56. The lowest BCUT2D eigenvalue weighted by molar-refractivity contribution is -0.117. The molecule has 1 atom stereocenters. The van der Waals surface area contributed by atoms with Gasteiger partial charge in [-0.3, -0.25) is 4.79 Å². The Bertz CT molecular complexity index is 1150. The van der Waals surface area contributed by atoms with Crippen LogP contribution >= 0.6 is 11.6 Å². The van der Waals surface area contributed by atoms with Gasteiger partial charge in [0.2, 0.25) is 15.9 Å². The molecule has 0 unspecified atom stereocenters. The lowest BCUT2D eigenvalue weighted by Crippen LogP contribution is -2.45. The molecule has 3 aromatic carbocycles. The molecule has 0 aliphatic rings. The minimum absolute atomic E-state index is 0.134. The molecule has 0 aliphatic carbocycles. The van der Waals surface area contributed by atoms with Gasteiger partial charge in [0.05, 0.1) is 7.11 Å². The summed E-state index contributed by atoms with van der Waals surface area (Å²) >= 11 is 6.00. The normalized spacial score (nSPS) is 12.2. The zero-order valence-corrected chi connectivity index (χ0v) is 18.7. The number of anilines is 1. The summed E-state index contributed by atoms with van der Waals surface area (Å²) in [5.41, 5.74) is 2.44. The SMILES string of the molecule is COc1ccc(Cl)cc1S(=O)(=O)N[C@@H](Cc1ccccc1)C(=O)Nc1ccc(C)cc1. The molecule has 0 radical (unpaired) electrons. The van der Waals surface area contributed by atoms with Crippen molar-refractivity contribution in [2.75, 3.05) is 12.4 Å². The Hall–Kier alpha value is -2.87. The lowest BCUT2D eigenvalue weighted by atomic mass is 10.1. The molecule has 0 fully saturated rings. The Morgan fingerprint density at radius 3 is 2.35 bits per heavy atom. The topological polar surface area (TPSA) is 84.5 Å². The molecule has 2 N–H and O–H groups in total. The molecule has 0 aliphatic heterocycles. The summed E-state index contributed by atoms with van der Waals surface area (Å²) in [5, 5.41) is 3.02. The highest BCUT2D eigenvalue weighted by atomic mass is 35.5. The summed E-state index contributed by atoms with van der Waals surface area (Å²) in [6, 6.07) is 19.7. The standard InChI is InChI=1S/C23H23ClN2O4S/c1-16-8-11-19(12-9-16)25-23(27)20(14-17-6-4-3-5-7-17)26-31(28,29)22-15-18(24)10-13-21(22)30-2/h3-13,15,20,26H,14H2,1-2H3,(H,25,27)/t20-/m0/s1. The van der Waals surface area contributed by atoms with E-state index in [4.69, 9.17) is 16.3 Å². The van der Waals surface area contributed by atoms with Crippen molar-refractivity contribution in [1.82, 2.24) is 4.72 Å². The first-order chi connectivity index (χ1) is 14.8. The van der Waals surface area contributed by atoms with Crippen LogP contribution in [0.5, 0.6) is 5.75 Å². The summed E-state index contributed by atoms with van der Waals surface area (Å²) < 4.78 is 34.0. The van der Waals surface area contributed by atoms with Crippen LogP contribution in [0.1, 0.15) is 11.1 Å². The van der Waals surface area contributed by atoms with E-state index in [0.29, 0.717) is 5.69 Å². The molecule has 0 heterocycles. The average molecular weight is 459 g/mol. The molecule has 162 valence electrons. The Morgan fingerprint density at radius 2 is 1.71 bits per heavy atom. The van der Waals surface area contributed by atoms with E-state index in [-0.39, 0.29) is 22.1 Å². The van der Waals surface area contributed by atoms with Crippen molar-refractivity contribution in [3.8, 4) is 5.75 Å². The largest absolute Gasteiger partial charge is 0.495 e. The fraction of sp³-hybridized carbons (Fsp3) is 0.174. The third-order valence-electron chi connectivity index (χ3n) is 4.63. The molecule has 1 amide bonds. The van der Waals surface area contributed by atoms with Gasteiger partial charge in [0, 0.05) is 10.7 Å². The van der Waals surface area contributed by atoms with E-state index in [2.05, 4.69) is 10.0 Å². The van der Waals surface area contributed by atoms with Crippen molar-refractivity contribution in [2.24, 2.45) is 0 Å². The van der Waals surface area contributed by atoms with Crippen LogP contribution in [0.3, 0.4) is 0 Å². The van der Waals surface area contributed by atoms with Crippen LogP contribution in [-0.2, 0) is 21.2 Å². The monoisotopic (exact) mass is 458 g/mol. The number of amides is 1. The number of rotatable bonds is 8. The second kappa shape index (κ2) is 9.96. The van der Waals surface area contributed by atoms with Gasteiger partial charge in [-0.1, -0.05) is 59.6 Å². The lowest BCUT2D eigenvalue weighted by Gasteiger charge is -2.20. The smallest absolute Gasteiger partial charge is 0.245 e. The molecule has 3 aromatic rings. The molecule has 3 rings (SSSR count). The van der Waals surface area contributed by atoms with Gasteiger partial charge in [0.25, 0.3) is 0 Å². The quantitative estimate of drug-likeness (QED) is 0.530. The van der Waals surface area contributed by atoms with E-state index in [9.17, 15) is 13.2 Å². The highest BCUT2D eigenvalue weighted by molar-refractivity contribution is 7.89. The maximum atomic E-state index is 13.1. The van der Waals surface area contributed by atoms with Crippen molar-refractivity contribution in [1.29, 1.82) is 0 Å². The fourth-order valence-corrected chi connectivity index (χ4v) is 4.64. The third kappa shape index (κ3) is 6.07. The Labute approximate surface area is 187 Å². The molecule has 6 nitrogen and oxygen atoms in total. The zero-order chi connectivity index (χ0) is 22.4. The Morgan fingerprint density at radius 1 is 1.03 bits per heavy atom. The van der Waals surface area contributed by atoms with E-state index >= 15 is 0 Å². The van der Waals surface area contributed by atoms with Crippen molar-refractivity contribution in [3.63, 3.8) is 0 Å². The second-order valence-corrected chi connectivity index (χ2v) is 9.13. The van der Waals surface area contributed by atoms with Crippen molar-refractivity contribution in [2.45, 2.75) is 24.3 Å². The molecular formula is C23H23ClN2O4S. The van der Waals surface area contributed by atoms with Crippen LogP contribution in [0.25, 0.3) is 0 Å². The number of carbonyl (C=O) groups excluding carboxylic acids is 1. The van der Waals surface area contributed by atoms with E-state index in [1.54, 1.807) is 12.1 Å². The molecule has 0 aromatic heterocycles. The number of carbonyl (C=O) groups is 1. The fourth-order valence-electron chi connectivity index (χ4n) is 3.02. The summed E-state index contributed by atoms with van der Waals surface area (Å²) in [6.45, 7) is 1.94. The van der Waals surface area contributed by atoms with Gasteiger partial charge in [-0.25, -0.2) is 8.42 Å². The van der Waals surface area contributed by atoms with Crippen LogP contribution in [0.4, 0.5) is 5.69 Å². The second-order valence-electron chi connectivity index (χ2n) is 7.01. The van der Waals surface area contributed by atoms with E-state index < -0.39 is 22.0 Å². The van der Waals surface area contributed by atoms with Gasteiger partial charge in [-0.2, -0.15) is 4.72 Å². The van der Waals surface area contributed by atoms with Crippen LogP contribution < -0.4 is 14.8 Å². The highest BCUT2D eigenvalue weighted by Gasteiger charge is 2.28. The van der Waals surface area contributed by atoms with E-state index in [1.165, 1.54) is 25.3 Å². The van der Waals surface area contributed by atoms with Crippen LogP contribution in [0.15, 0.2) is 77.7 Å². The van der Waals surface area contributed by atoms with Crippen molar-refractivity contribution in [3.05, 3.63) is 88.9 Å². The molecule has 8 heteroatoms. The number of nitrogens with one attached hydrogen (secondary N) is 2. The number of hydrogen-bond donors (Lipinski definition) is 2.